The third-order valence-electron chi connectivity index (χ3n) is 3.27. The van der Waals surface area contributed by atoms with Gasteiger partial charge in [-0.2, -0.15) is 0 Å². The molecule has 110 valence electrons. The smallest absolute Gasteiger partial charge is 0.224 e. The van der Waals surface area contributed by atoms with E-state index in [-0.39, 0.29) is 11.9 Å². The molecule has 4 heteroatoms. The molecule has 0 fully saturated rings. The summed E-state index contributed by atoms with van der Waals surface area (Å²) in [6.45, 7) is 1.96. The van der Waals surface area contributed by atoms with Gasteiger partial charge in [-0.3, -0.25) is 4.79 Å². The first-order chi connectivity index (χ1) is 10.1. The van der Waals surface area contributed by atoms with Crippen LogP contribution in [0.5, 0.6) is 5.75 Å². The number of nitrogens with one attached hydrogen (secondary N) is 1. The van der Waals surface area contributed by atoms with Crippen LogP contribution in [0.2, 0.25) is 5.02 Å². The maximum Gasteiger partial charge on any atom is 0.224 e. The molecule has 0 aliphatic carbocycles. The molecule has 0 radical (unpaired) electrons. The molecule has 0 spiro atoms. The van der Waals surface area contributed by atoms with E-state index in [1.165, 1.54) is 0 Å². The van der Waals surface area contributed by atoms with Gasteiger partial charge in [-0.1, -0.05) is 35.9 Å². The predicted octanol–water partition coefficient (Wildman–Crippen LogP) is 3.77. The van der Waals surface area contributed by atoms with E-state index in [2.05, 4.69) is 5.32 Å². The van der Waals surface area contributed by atoms with Crippen molar-refractivity contribution in [1.29, 1.82) is 0 Å². The van der Waals surface area contributed by atoms with Crippen molar-refractivity contribution in [3.63, 3.8) is 0 Å². The number of rotatable bonds is 5. The molecule has 1 N–H and O–H groups in total. The van der Waals surface area contributed by atoms with Crippen molar-refractivity contribution in [1.82, 2.24) is 5.32 Å². The van der Waals surface area contributed by atoms with Crippen LogP contribution in [0.25, 0.3) is 0 Å². The number of methoxy groups -OCH3 is 1. The zero-order valence-corrected chi connectivity index (χ0v) is 12.9. The number of benzene rings is 2. The van der Waals surface area contributed by atoms with Crippen LogP contribution < -0.4 is 10.1 Å². The highest BCUT2D eigenvalue weighted by Gasteiger charge is 2.10. The van der Waals surface area contributed by atoms with Gasteiger partial charge in [-0.05, 0) is 42.3 Å². The first-order valence-corrected chi connectivity index (χ1v) is 7.14. The molecule has 0 aliphatic rings. The van der Waals surface area contributed by atoms with Gasteiger partial charge in [0.05, 0.1) is 19.6 Å². The summed E-state index contributed by atoms with van der Waals surface area (Å²) in [6, 6.07) is 14.9. The first-order valence-electron chi connectivity index (χ1n) is 6.76. The minimum absolute atomic E-state index is 0.0133. The van der Waals surface area contributed by atoms with E-state index in [0.717, 1.165) is 16.9 Å². The average molecular weight is 304 g/mol. The molecule has 0 aliphatic heterocycles. The average Bonchev–Trinajstić information content (AvgIpc) is 2.49. The van der Waals surface area contributed by atoms with Crippen LogP contribution in [0.1, 0.15) is 24.1 Å². The fourth-order valence-electron chi connectivity index (χ4n) is 2.06. The molecule has 1 atom stereocenters. The molecule has 0 unspecified atom stereocenters. The summed E-state index contributed by atoms with van der Waals surface area (Å²) >= 11 is 5.83. The van der Waals surface area contributed by atoms with Crippen molar-refractivity contribution in [3.05, 3.63) is 64.7 Å². The van der Waals surface area contributed by atoms with Crippen molar-refractivity contribution >= 4 is 17.5 Å². The number of carbonyl (C=O) groups is 1. The quantitative estimate of drug-likeness (QED) is 0.913. The predicted molar refractivity (Wildman–Crippen MR) is 84.7 cm³/mol. The summed E-state index contributed by atoms with van der Waals surface area (Å²) in [5.41, 5.74) is 1.99. The van der Waals surface area contributed by atoms with Crippen LogP contribution in [-0.4, -0.2) is 13.0 Å². The molecule has 2 aromatic rings. The summed E-state index contributed by atoms with van der Waals surface area (Å²) in [5, 5.41) is 3.66. The molecule has 2 rings (SSSR count). The standard InChI is InChI=1S/C17H18ClNO2/c1-12(14-5-9-16(21-2)10-6-14)19-17(20)11-13-3-7-15(18)8-4-13/h3-10,12H,11H2,1-2H3,(H,19,20)/t12-/m1/s1. The second-order valence-electron chi connectivity index (χ2n) is 4.87. The van der Waals surface area contributed by atoms with Gasteiger partial charge in [-0.25, -0.2) is 0 Å². The molecule has 21 heavy (non-hydrogen) atoms. The fourth-order valence-corrected chi connectivity index (χ4v) is 2.18. The first kappa shape index (κ1) is 15.4. The minimum atomic E-state index is -0.0456. The van der Waals surface area contributed by atoms with Crippen LogP contribution >= 0.6 is 11.6 Å². The number of halogens is 1. The van der Waals surface area contributed by atoms with Gasteiger partial charge in [0.25, 0.3) is 0 Å². The Bertz CT molecular complexity index is 593. The minimum Gasteiger partial charge on any atom is -0.497 e. The highest BCUT2D eigenvalue weighted by Crippen LogP contribution is 2.17. The second kappa shape index (κ2) is 7.14. The van der Waals surface area contributed by atoms with E-state index < -0.39 is 0 Å². The molecule has 2 aromatic carbocycles. The van der Waals surface area contributed by atoms with Crippen molar-refractivity contribution in [2.75, 3.05) is 7.11 Å². The Hall–Kier alpha value is -2.00. The van der Waals surface area contributed by atoms with Crippen LogP contribution in [0, 0.1) is 0 Å². The van der Waals surface area contributed by atoms with Gasteiger partial charge in [0, 0.05) is 5.02 Å². The summed E-state index contributed by atoms with van der Waals surface area (Å²) < 4.78 is 5.12. The summed E-state index contributed by atoms with van der Waals surface area (Å²) in [4.78, 5) is 12.0. The monoisotopic (exact) mass is 303 g/mol. The Morgan fingerprint density at radius 3 is 2.33 bits per heavy atom. The van der Waals surface area contributed by atoms with Gasteiger partial charge in [0.1, 0.15) is 5.75 Å². The van der Waals surface area contributed by atoms with Crippen LogP contribution in [0.15, 0.2) is 48.5 Å². The number of amides is 1. The lowest BCUT2D eigenvalue weighted by Crippen LogP contribution is -2.28. The molecule has 0 bridgehead atoms. The van der Waals surface area contributed by atoms with Crippen LogP contribution in [0.3, 0.4) is 0 Å². The van der Waals surface area contributed by atoms with E-state index in [1.807, 2.05) is 43.3 Å². The number of hydrogen-bond acceptors (Lipinski definition) is 2. The van der Waals surface area contributed by atoms with Crippen molar-refractivity contribution in [2.24, 2.45) is 0 Å². The molecule has 3 nitrogen and oxygen atoms in total. The van der Waals surface area contributed by atoms with Crippen LogP contribution in [-0.2, 0) is 11.2 Å². The molecular weight excluding hydrogens is 286 g/mol. The highest BCUT2D eigenvalue weighted by molar-refractivity contribution is 6.30. The number of ether oxygens (including phenoxy) is 1. The topological polar surface area (TPSA) is 38.3 Å². The lowest BCUT2D eigenvalue weighted by atomic mass is 10.1. The Morgan fingerprint density at radius 1 is 1.14 bits per heavy atom. The number of hydrogen-bond donors (Lipinski definition) is 1. The Balaban J connectivity index is 1.93. The third-order valence-corrected chi connectivity index (χ3v) is 3.52. The normalized spacial score (nSPS) is 11.8. The van der Waals surface area contributed by atoms with Gasteiger partial charge in [0.15, 0.2) is 0 Å². The lowest BCUT2D eigenvalue weighted by Gasteiger charge is -2.15. The number of carbonyl (C=O) groups excluding carboxylic acids is 1. The molecule has 0 saturated carbocycles. The molecule has 1 amide bonds. The van der Waals surface area contributed by atoms with E-state index in [4.69, 9.17) is 16.3 Å². The van der Waals surface area contributed by atoms with E-state index in [0.29, 0.717) is 11.4 Å². The molecule has 0 heterocycles. The molecule has 0 aromatic heterocycles. The van der Waals surface area contributed by atoms with E-state index in [1.54, 1.807) is 19.2 Å². The Labute approximate surface area is 129 Å². The fraction of sp³-hybridized carbons (Fsp3) is 0.235. The highest BCUT2D eigenvalue weighted by atomic mass is 35.5. The van der Waals surface area contributed by atoms with Crippen LogP contribution in [0.4, 0.5) is 0 Å². The Morgan fingerprint density at radius 2 is 1.76 bits per heavy atom. The SMILES string of the molecule is COc1ccc([C@@H](C)NC(=O)Cc2ccc(Cl)cc2)cc1. The summed E-state index contributed by atoms with van der Waals surface area (Å²) in [5.74, 6) is 0.791. The van der Waals surface area contributed by atoms with Gasteiger partial charge < -0.3 is 10.1 Å². The molecule has 0 saturated heterocycles. The van der Waals surface area contributed by atoms with Crippen molar-refractivity contribution in [3.8, 4) is 5.75 Å². The summed E-state index contributed by atoms with van der Waals surface area (Å²) in [7, 11) is 1.63. The van der Waals surface area contributed by atoms with Gasteiger partial charge in [-0.15, -0.1) is 0 Å². The summed E-state index contributed by atoms with van der Waals surface area (Å²) in [6.07, 6.45) is 0.345. The van der Waals surface area contributed by atoms with Crippen molar-refractivity contribution in [2.45, 2.75) is 19.4 Å². The lowest BCUT2D eigenvalue weighted by molar-refractivity contribution is -0.121. The van der Waals surface area contributed by atoms with E-state index in [9.17, 15) is 4.79 Å². The zero-order valence-electron chi connectivity index (χ0n) is 12.1. The maximum absolute atomic E-state index is 12.0. The largest absolute Gasteiger partial charge is 0.497 e. The second-order valence-corrected chi connectivity index (χ2v) is 5.30. The molecular formula is C17H18ClNO2. The zero-order chi connectivity index (χ0) is 15.2. The third kappa shape index (κ3) is 4.50. The van der Waals surface area contributed by atoms with Gasteiger partial charge in [0.2, 0.25) is 5.91 Å². The maximum atomic E-state index is 12.0. The van der Waals surface area contributed by atoms with Gasteiger partial charge >= 0.3 is 0 Å². The van der Waals surface area contributed by atoms with Crippen molar-refractivity contribution < 1.29 is 9.53 Å². The van der Waals surface area contributed by atoms with E-state index >= 15 is 0 Å². The Kier molecular flexibility index (Phi) is 5.23.